The van der Waals surface area contributed by atoms with Crippen LogP contribution in [0.15, 0.2) is 34.9 Å². The van der Waals surface area contributed by atoms with Gasteiger partial charge in [-0.2, -0.15) is 0 Å². The first-order chi connectivity index (χ1) is 8.75. The number of fused-ring (bicyclic) bond motifs is 1. The summed E-state index contributed by atoms with van der Waals surface area (Å²) < 4.78 is 16.3. The third-order valence-corrected chi connectivity index (χ3v) is 3.51. The third kappa shape index (κ3) is 2.04. The van der Waals surface area contributed by atoms with Crippen LogP contribution in [-0.4, -0.2) is 13.2 Å². The van der Waals surface area contributed by atoms with Crippen molar-refractivity contribution >= 4 is 23.2 Å². The third-order valence-electron chi connectivity index (χ3n) is 2.73. The Morgan fingerprint density at radius 3 is 2.50 bits per heavy atom. The number of hydrogen-bond acceptors (Lipinski definition) is 3. The first kappa shape index (κ1) is 11.8. The summed E-state index contributed by atoms with van der Waals surface area (Å²) in [5, 5.41) is 0.0963. The van der Waals surface area contributed by atoms with Crippen LogP contribution in [0.5, 0.6) is 11.5 Å². The van der Waals surface area contributed by atoms with Gasteiger partial charge in [0.05, 0.1) is 6.26 Å². The van der Waals surface area contributed by atoms with Crippen LogP contribution in [0.2, 0.25) is 5.02 Å². The molecule has 2 heterocycles. The molecule has 3 nitrogen and oxygen atoms in total. The average molecular weight is 285 g/mol. The topological polar surface area (TPSA) is 31.6 Å². The molecular weight excluding hydrogens is 275 g/mol. The number of furan rings is 1. The molecule has 18 heavy (non-hydrogen) atoms. The lowest BCUT2D eigenvalue weighted by atomic mass is 10.1. The summed E-state index contributed by atoms with van der Waals surface area (Å²) in [6.07, 6.45) is 1.58. The quantitative estimate of drug-likeness (QED) is 0.781. The largest absolute Gasteiger partial charge is 0.486 e. The van der Waals surface area contributed by atoms with E-state index in [1.165, 1.54) is 0 Å². The van der Waals surface area contributed by atoms with E-state index in [0.717, 1.165) is 5.56 Å². The maximum Gasteiger partial charge on any atom is 0.162 e. The molecule has 94 valence electrons. The van der Waals surface area contributed by atoms with Gasteiger partial charge in [-0.25, -0.2) is 0 Å². The fourth-order valence-electron chi connectivity index (χ4n) is 1.86. The fraction of sp³-hybridized carbons (Fsp3) is 0.231. The Morgan fingerprint density at radius 1 is 1.11 bits per heavy atom. The van der Waals surface area contributed by atoms with Gasteiger partial charge in [-0.15, -0.1) is 11.6 Å². The lowest BCUT2D eigenvalue weighted by molar-refractivity contribution is 0.171. The van der Waals surface area contributed by atoms with Crippen molar-refractivity contribution in [3.05, 3.63) is 46.9 Å². The van der Waals surface area contributed by atoms with E-state index in [-0.39, 0.29) is 0 Å². The molecule has 0 radical (unpaired) electrons. The molecule has 0 bridgehead atoms. The number of ether oxygens (including phenoxy) is 2. The molecule has 0 aliphatic carbocycles. The summed E-state index contributed by atoms with van der Waals surface area (Å²) in [6, 6.07) is 7.13. The first-order valence-corrected chi connectivity index (χ1v) is 6.33. The lowest BCUT2D eigenvalue weighted by Crippen LogP contribution is -2.15. The molecule has 0 spiro atoms. The standard InChI is InChI=1S/C13H10Cl2O3/c14-9-7-12-11(17-4-5-18-12)6-8(9)13(15)10-2-1-3-16-10/h1-3,6-7,13H,4-5H2. The van der Waals surface area contributed by atoms with Crippen molar-refractivity contribution in [3.63, 3.8) is 0 Å². The van der Waals surface area contributed by atoms with Crippen LogP contribution in [0.1, 0.15) is 16.7 Å². The van der Waals surface area contributed by atoms with Crippen LogP contribution in [0, 0.1) is 0 Å². The van der Waals surface area contributed by atoms with E-state index in [2.05, 4.69) is 0 Å². The number of hydrogen-bond donors (Lipinski definition) is 0. The van der Waals surface area contributed by atoms with E-state index in [9.17, 15) is 0 Å². The van der Waals surface area contributed by atoms with Crippen LogP contribution < -0.4 is 9.47 Å². The molecule has 1 aliphatic heterocycles. The molecule has 0 fully saturated rings. The number of alkyl halides is 1. The smallest absolute Gasteiger partial charge is 0.162 e. The van der Waals surface area contributed by atoms with Crippen molar-refractivity contribution in [1.29, 1.82) is 0 Å². The molecule has 1 atom stereocenters. The Hall–Kier alpha value is -1.32. The van der Waals surface area contributed by atoms with Gasteiger partial charge in [0.2, 0.25) is 0 Å². The molecule has 1 unspecified atom stereocenters. The maximum atomic E-state index is 6.35. The summed E-state index contributed by atoms with van der Waals surface area (Å²) in [7, 11) is 0. The zero-order chi connectivity index (χ0) is 12.5. The molecule has 2 aromatic rings. The van der Waals surface area contributed by atoms with Gasteiger partial charge in [0.25, 0.3) is 0 Å². The van der Waals surface area contributed by atoms with Crippen LogP contribution in [-0.2, 0) is 0 Å². The molecule has 1 aromatic carbocycles. The Kier molecular flexibility index (Phi) is 3.10. The maximum absolute atomic E-state index is 6.35. The predicted octanol–water partition coefficient (Wildman–Crippen LogP) is 4.03. The summed E-state index contributed by atoms with van der Waals surface area (Å²) >= 11 is 12.6. The van der Waals surface area contributed by atoms with Crippen molar-refractivity contribution in [3.8, 4) is 11.5 Å². The molecule has 3 rings (SSSR count). The highest BCUT2D eigenvalue weighted by Crippen LogP contribution is 2.41. The average Bonchev–Trinajstić information content (AvgIpc) is 2.91. The minimum Gasteiger partial charge on any atom is -0.486 e. The van der Waals surface area contributed by atoms with Gasteiger partial charge in [-0.1, -0.05) is 11.6 Å². The van der Waals surface area contributed by atoms with Gasteiger partial charge in [0.1, 0.15) is 24.4 Å². The molecule has 1 aliphatic rings. The highest BCUT2D eigenvalue weighted by atomic mass is 35.5. The lowest BCUT2D eigenvalue weighted by Gasteiger charge is -2.20. The van der Waals surface area contributed by atoms with Gasteiger partial charge in [-0.3, -0.25) is 0 Å². The zero-order valence-corrected chi connectivity index (χ0v) is 10.9. The highest BCUT2D eigenvalue weighted by molar-refractivity contribution is 6.33. The first-order valence-electron chi connectivity index (χ1n) is 5.52. The second kappa shape index (κ2) is 4.75. The van der Waals surface area contributed by atoms with E-state index in [0.29, 0.717) is 35.5 Å². The second-order valence-electron chi connectivity index (χ2n) is 3.90. The Bertz CT molecular complexity index is 552. The van der Waals surface area contributed by atoms with Gasteiger partial charge >= 0.3 is 0 Å². The molecule has 0 amide bonds. The van der Waals surface area contributed by atoms with E-state index in [1.54, 1.807) is 24.5 Å². The van der Waals surface area contributed by atoms with Crippen LogP contribution in [0.25, 0.3) is 0 Å². The van der Waals surface area contributed by atoms with Crippen LogP contribution in [0.4, 0.5) is 0 Å². The van der Waals surface area contributed by atoms with Crippen molar-refractivity contribution in [2.45, 2.75) is 5.38 Å². The molecule has 0 saturated carbocycles. The highest BCUT2D eigenvalue weighted by Gasteiger charge is 2.21. The Morgan fingerprint density at radius 2 is 1.83 bits per heavy atom. The van der Waals surface area contributed by atoms with Gasteiger partial charge in [0.15, 0.2) is 11.5 Å². The number of halogens is 2. The van der Waals surface area contributed by atoms with Crippen molar-refractivity contribution < 1.29 is 13.9 Å². The van der Waals surface area contributed by atoms with Gasteiger partial charge < -0.3 is 13.9 Å². The van der Waals surface area contributed by atoms with E-state index >= 15 is 0 Å². The summed E-state index contributed by atoms with van der Waals surface area (Å²) in [6.45, 7) is 1.06. The SMILES string of the molecule is Clc1cc2c(cc1C(Cl)c1ccco1)OCCO2. The predicted molar refractivity (Wildman–Crippen MR) is 68.8 cm³/mol. The summed E-state index contributed by atoms with van der Waals surface area (Å²) in [5.74, 6) is 1.96. The number of benzene rings is 1. The summed E-state index contributed by atoms with van der Waals surface area (Å²) in [5.41, 5.74) is 0.748. The fourth-order valence-corrected chi connectivity index (χ4v) is 2.49. The van der Waals surface area contributed by atoms with E-state index in [4.69, 9.17) is 37.1 Å². The van der Waals surface area contributed by atoms with Crippen molar-refractivity contribution in [1.82, 2.24) is 0 Å². The summed E-state index contributed by atoms with van der Waals surface area (Å²) in [4.78, 5) is 0. The Balaban J connectivity index is 2.01. The van der Waals surface area contributed by atoms with Crippen LogP contribution >= 0.6 is 23.2 Å². The molecule has 5 heteroatoms. The Labute approximate surface area is 114 Å². The monoisotopic (exact) mass is 284 g/mol. The zero-order valence-electron chi connectivity index (χ0n) is 9.36. The van der Waals surface area contributed by atoms with Crippen molar-refractivity contribution in [2.24, 2.45) is 0 Å². The van der Waals surface area contributed by atoms with Gasteiger partial charge in [0, 0.05) is 16.7 Å². The van der Waals surface area contributed by atoms with Gasteiger partial charge in [-0.05, 0) is 18.2 Å². The van der Waals surface area contributed by atoms with E-state index in [1.807, 2.05) is 6.07 Å². The van der Waals surface area contributed by atoms with Crippen molar-refractivity contribution in [2.75, 3.05) is 13.2 Å². The van der Waals surface area contributed by atoms with E-state index < -0.39 is 5.38 Å². The normalized spacial score (nSPS) is 15.4. The minimum atomic E-state index is -0.441. The molecule has 1 aromatic heterocycles. The molecule has 0 saturated heterocycles. The minimum absolute atomic E-state index is 0.441. The molecular formula is C13H10Cl2O3. The number of rotatable bonds is 2. The second-order valence-corrected chi connectivity index (χ2v) is 4.74. The molecule has 0 N–H and O–H groups in total. The van der Waals surface area contributed by atoms with Crippen LogP contribution in [0.3, 0.4) is 0 Å².